The van der Waals surface area contributed by atoms with Crippen molar-refractivity contribution < 1.29 is 18.7 Å². The van der Waals surface area contributed by atoms with E-state index in [0.29, 0.717) is 40.6 Å². The summed E-state index contributed by atoms with van der Waals surface area (Å²) in [4.78, 5) is 38.1. The molecule has 0 radical (unpaired) electrons. The first kappa shape index (κ1) is 26.3. The molecule has 0 bridgehead atoms. The van der Waals surface area contributed by atoms with E-state index in [1.807, 2.05) is 42.6 Å². The molecule has 5 rings (SSSR count). The summed E-state index contributed by atoms with van der Waals surface area (Å²) in [7, 11) is 6.78. The minimum atomic E-state index is -0.586. The summed E-state index contributed by atoms with van der Waals surface area (Å²) in [6.45, 7) is 0.894. The van der Waals surface area contributed by atoms with Crippen LogP contribution in [0.4, 0.5) is 33.2 Å². The molecule has 0 saturated carbocycles. The third kappa shape index (κ3) is 5.20. The molecule has 1 aliphatic heterocycles. The van der Waals surface area contributed by atoms with Gasteiger partial charge in [-0.2, -0.15) is 4.98 Å². The number of aromatic nitrogens is 2. The molecule has 0 unspecified atom stereocenters. The number of ether oxygens (including phenoxy) is 1. The number of methoxy groups -OCH3 is 1. The molecule has 4 aromatic rings. The predicted octanol–water partition coefficient (Wildman–Crippen LogP) is 4.14. The van der Waals surface area contributed by atoms with Gasteiger partial charge in [-0.3, -0.25) is 9.59 Å². The van der Waals surface area contributed by atoms with Gasteiger partial charge in [-0.25, -0.2) is 9.37 Å². The van der Waals surface area contributed by atoms with E-state index in [-0.39, 0.29) is 23.1 Å². The van der Waals surface area contributed by atoms with Crippen LogP contribution in [0.25, 0.3) is 10.2 Å². The van der Waals surface area contributed by atoms with Crippen molar-refractivity contribution >= 4 is 62.2 Å². The fourth-order valence-corrected chi connectivity index (χ4v) is 5.29. The lowest BCUT2D eigenvalue weighted by Crippen LogP contribution is -2.36. The van der Waals surface area contributed by atoms with Crippen molar-refractivity contribution in [3.8, 4) is 5.75 Å². The van der Waals surface area contributed by atoms with Crippen LogP contribution in [0, 0.1) is 5.82 Å². The Bertz CT molecular complexity index is 1570. The number of carbonyl (C=O) groups excluding carboxylic acids is 2. The molecular formula is C27H28FN7O3S. The maximum Gasteiger partial charge on any atom is 0.253 e. The second-order valence-electron chi connectivity index (χ2n) is 9.24. The van der Waals surface area contributed by atoms with Crippen molar-refractivity contribution in [3.05, 3.63) is 58.7 Å². The highest BCUT2D eigenvalue weighted by molar-refractivity contribution is 7.17. The van der Waals surface area contributed by atoms with E-state index < -0.39 is 11.7 Å². The van der Waals surface area contributed by atoms with Crippen molar-refractivity contribution in [2.75, 3.05) is 56.9 Å². The molecule has 2 aromatic carbocycles. The first-order valence-electron chi connectivity index (χ1n) is 12.2. The lowest BCUT2D eigenvalue weighted by molar-refractivity contribution is -0.119. The summed E-state index contributed by atoms with van der Waals surface area (Å²) in [5, 5.41) is 10.6. The Hall–Kier alpha value is -4.29. The number of thiophene rings is 1. The summed E-state index contributed by atoms with van der Waals surface area (Å²) in [5.74, 6) is 0.156. The summed E-state index contributed by atoms with van der Waals surface area (Å²) in [6, 6.07) is 9.90. The first-order valence-corrected chi connectivity index (χ1v) is 13.1. The predicted molar refractivity (Wildman–Crippen MR) is 151 cm³/mol. The van der Waals surface area contributed by atoms with Crippen LogP contribution in [0.3, 0.4) is 0 Å². The normalized spacial score (nSPS) is 12.5. The number of para-hydroxylation sites is 1. The SMILES string of the molecule is CNC(=O)c1cccc(F)c1Nc1nc(Nc2cc3c(cc2OC)CCN3C(=O)CN(C)C)nc2ccsc12. The maximum absolute atomic E-state index is 14.9. The van der Waals surface area contributed by atoms with Crippen LogP contribution in [0.15, 0.2) is 41.8 Å². The highest BCUT2D eigenvalue weighted by Gasteiger charge is 2.27. The van der Waals surface area contributed by atoms with Gasteiger partial charge in [0.1, 0.15) is 11.6 Å². The molecule has 0 aliphatic carbocycles. The van der Waals surface area contributed by atoms with Gasteiger partial charge < -0.3 is 30.5 Å². The van der Waals surface area contributed by atoms with E-state index >= 15 is 0 Å². The Morgan fingerprint density at radius 3 is 2.74 bits per heavy atom. The number of hydrogen-bond acceptors (Lipinski definition) is 9. The summed E-state index contributed by atoms with van der Waals surface area (Å²) in [6.07, 6.45) is 0.729. The molecule has 39 heavy (non-hydrogen) atoms. The quantitative estimate of drug-likeness (QED) is 0.301. The van der Waals surface area contributed by atoms with Crippen LogP contribution >= 0.6 is 11.3 Å². The van der Waals surface area contributed by atoms with Gasteiger partial charge in [-0.05, 0) is 61.8 Å². The topological polar surface area (TPSA) is 112 Å². The standard InChI is InChI=1S/C27H28FN7O3S/c1-29-26(37)16-6-5-7-17(28)23(16)32-25-24-18(9-11-39-24)30-27(33-25)31-19-13-20-15(12-21(19)38-4)8-10-35(20)22(36)14-34(2)3/h5-7,9,11-13H,8,10,14H2,1-4H3,(H,29,37)(H2,30,31,32,33). The zero-order valence-corrected chi connectivity index (χ0v) is 22.8. The number of nitrogens with one attached hydrogen (secondary N) is 3. The maximum atomic E-state index is 14.9. The Labute approximate surface area is 228 Å². The smallest absolute Gasteiger partial charge is 0.253 e. The average Bonchev–Trinajstić information content (AvgIpc) is 3.55. The molecule has 0 saturated heterocycles. The first-order chi connectivity index (χ1) is 18.8. The number of carbonyl (C=O) groups is 2. The molecule has 1 aliphatic rings. The fraction of sp³-hybridized carbons (Fsp3) is 0.259. The molecule has 12 heteroatoms. The molecule has 0 spiro atoms. The number of anilines is 5. The van der Waals surface area contributed by atoms with E-state index in [1.165, 1.54) is 36.6 Å². The number of hydrogen-bond donors (Lipinski definition) is 3. The molecule has 0 atom stereocenters. The van der Waals surface area contributed by atoms with Crippen LogP contribution in [-0.2, 0) is 11.2 Å². The Morgan fingerprint density at radius 1 is 1.18 bits per heavy atom. The highest BCUT2D eigenvalue weighted by Crippen LogP contribution is 2.39. The van der Waals surface area contributed by atoms with Crippen molar-refractivity contribution in [2.24, 2.45) is 0 Å². The van der Waals surface area contributed by atoms with Crippen LogP contribution < -0.4 is 25.6 Å². The van der Waals surface area contributed by atoms with Gasteiger partial charge in [0.25, 0.3) is 5.91 Å². The van der Waals surface area contributed by atoms with Crippen LogP contribution in [0.5, 0.6) is 5.75 Å². The van der Waals surface area contributed by atoms with Crippen molar-refractivity contribution in [1.82, 2.24) is 20.2 Å². The Morgan fingerprint density at radius 2 is 2.00 bits per heavy atom. The monoisotopic (exact) mass is 549 g/mol. The third-order valence-electron chi connectivity index (χ3n) is 6.33. The number of likely N-dealkylation sites (N-methyl/N-ethyl adjacent to an activating group) is 1. The number of nitrogens with zero attached hydrogens (tertiary/aromatic N) is 4. The van der Waals surface area contributed by atoms with Gasteiger partial charge in [0, 0.05) is 19.3 Å². The van der Waals surface area contributed by atoms with E-state index in [2.05, 4.69) is 25.9 Å². The van der Waals surface area contributed by atoms with Crippen molar-refractivity contribution in [1.29, 1.82) is 0 Å². The summed E-state index contributed by atoms with van der Waals surface area (Å²) >= 11 is 1.40. The van der Waals surface area contributed by atoms with Crippen LogP contribution in [0.1, 0.15) is 15.9 Å². The number of halogens is 1. The Kier molecular flexibility index (Phi) is 7.31. The largest absolute Gasteiger partial charge is 0.495 e. The molecule has 2 amide bonds. The fourth-order valence-electron chi connectivity index (χ4n) is 4.51. The van der Waals surface area contributed by atoms with Crippen LogP contribution in [-0.4, -0.2) is 68.0 Å². The minimum absolute atomic E-state index is 0.00843. The molecule has 10 nitrogen and oxygen atoms in total. The molecule has 202 valence electrons. The Balaban J connectivity index is 1.53. The zero-order chi connectivity index (χ0) is 27.7. The van der Waals surface area contributed by atoms with Gasteiger partial charge in [-0.1, -0.05) is 6.07 Å². The van der Waals surface area contributed by atoms with E-state index in [4.69, 9.17) is 4.74 Å². The summed E-state index contributed by atoms with van der Waals surface area (Å²) in [5.41, 5.74) is 3.21. The second kappa shape index (κ2) is 10.8. The van der Waals surface area contributed by atoms with Gasteiger partial charge in [0.15, 0.2) is 5.82 Å². The highest BCUT2D eigenvalue weighted by atomic mass is 32.1. The second-order valence-corrected chi connectivity index (χ2v) is 10.2. The molecule has 2 aromatic heterocycles. The zero-order valence-electron chi connectivity index (χ0n) is 22.0. The minimum Gasteiger partial charge on any atom is -0.495 e. The van der Waals surface area contributed by atoms with Crippen LogP contribution in [0.2, 0.25) is 0 Å². The van der Waals surface area contributed by atoms with Gasteiger partial charge in [0.05, 0.1) is 40.8 Å². The van der Waals surface area contributed by atoms with Gasteiger partial charge in [0.2, 0.25) is 11.9 Å². The molecular weight excluding hydrogens is 521 g/mol. The number of amides is 2. The van der Waals surface area contributed by atoms with E-state index in [1.54, 1.807) is 12.0 Å². The molecule has 3 heterocycles. The third-order valence-corrected chi connectivity index (χ3v) is 7.24. The average molecular weight is 550 g/mol. The number of fused-ring (bicyclic) bond motifs is 2. The lowest BCUT2D eigenvalue weighted by atomic mass is 10.1. The molecule has 0 fully saturated rings. The summed E-state index contributed by atoms with van der Waals surface area (Å²) < 4.78 is 21.2. The van der Waals surface area contributed by atoms with E-state index in [0.717, 1.165) is 17.7 Å². The molecule has 3 N–H and O–H groups in total. The number of benzene rings is 2. The van der Waals surface area contributed by atoms with Crippen molar-refractivity contribution in [3.63, 3.8) is 0 Å². The van der Waals surface area contributed by atoms with E-state index in [9.17, 15) is 14.0 Å². The van der Waals surface area contributed by atoms with Gasteiger partial charge >= 0.3 is 0 Å². The number of rotatable bonds is 8. The lowest BCUT2D eigenvalue weighted by Gasteiger charge is -2.21. The van der Waals surface area contributed by atoms with Gasteiger partial charge in [-0.15, -0.1) is 11.3 Å². The van der Waals surface area contributed by atoms with Crippen molar-refractivity contribution in [2.45, 2.75) is 6.42 Å².